The first kappa shape index (κ1) is 10.4. The summed E-state index contributed by atoms with van der Waals surface area (Å²) in [7, 11) is 0. The van der Waals surface area contributed by atoms with Crippen molar-refractivity contribution in [2.75, 3.05) is 6.61 Å². The van der Waals surface area contributed by atoms with Gasteiger partial charge < -0.3 is 14.3 Å². The number of hydrogen-bond acceptors (Lipinski definition) is 3. The van der Waals surface area contributed by atoms with Gasteiger partial charge in [-0.3, -0.25) is 0 Å². The molecule has 3 rings (SSSR count). The van der Waals surface area contributed by atoms with Crippen molar-refractivity contribution in [2.45, 2.75) is 19.4 Å². The van der Waals surface area contributed by atoms with E-state index in [-0.39, 0.29) is 0 Å². The van der Waals surface area contributed by atoms with E-state index in [4.69, 9.17) is 9.15 Å². The van der Waals surface area contributed by atoms with Crippen LogP contribution in [0.2, 0.25) is 0 Å². The molecule has 0 saturated carbocycles. The molecule has 3 heteroatoms. The van der Waals surface area contributed by atoms with Gasteiger partial charge in [-0.25, -0.2) is 0 Å². The van der Waals surface area contributed by atoms with Gasteiger partial charge in [0.1, 0.15) is 23.2 Å². The Bertz CT molecular complexity index is 580. The van der Waals surface area contributed by atoms with E-state index in [0.717, 1.165) is 28.7 Å². The number of furan rings is 1. The highest BCUT2D eigenvalue weighted by atomic mass is 16.5. The molecule has 17 heavy (non-hydrogen) atoms. The number of rotatable bonds is 2. The highest BCUT2D eigenvalue weighted by Crippen LogP contribution is 2.35. The van der Waals surface area contributed by atoms with Crippen LogP contribution in [-0.4, -0.2) is 11.7 Å². The van der Waals surface area contributed by atoms with Gasteiger partial charge >= 0.3 is 0 Å². The van der Waals surface area contributed by atoms with E-state index in [0.29, 0.717) is 12.4 Å². The van der Waals surface area contributed by atoms with Crippen LogP contribution in [0, 0.1) is 6.92 Å². The molecule has 0 fully saturated rings. The Hall–Kier alpha value is -1.74. The molecular formula is C14H14O3. The molecule has 1 aromatic heterocycles. The molecule has 1 aliphatic rings. The fraction of sp³-hybridized carbons (Fsp3) is 0.286. The van der Waals surface area contributed by atoms with Crippen molar-refractivity contribution in [3.8, 4) is 0 Å². The minimum atomic E-state index is -0.721. The average Bonchev–Trinajstić information content (AvgIpc) is 2.94. The van der Waals surface area contributed by atoms with Crippen LogP contribution < -0.4 is 0 Å². The third-order valence-corrected chi connectivity index (χ3v) is 3.09. The standard InChI is InChI=1S/C14H14O3/c1-9-13(14(15)12-7-4-8-16-12)10-5-2-3-6-11(10)17-9/h2-3,5-7,14-15H,4,8H2,1H3. The molecule has 0 spiro atoms. The van der Waals surface area contributed by atoms with Crippen molar-refractivity contribution in [3.05, 3.63) is 47.4 Å². The fourth-order valence-corrected chi connectivity index (χ4v) is 2.30. The summed E-state index contributed by atoms with van der Waals surface area (Å²) >= 11 is 0. The number of hydrogen-bond donors (Lipinski definition) is 1. The molecule has 0 bridgehead atoms. The van der Waals surface area contributed by atoms with E-state index >= 15 is 0 Å². The second kappa shape index (κ2) is 3.93. The van der Waals surface area contributed by atoms with Gasteiger partial charge in [0, 0.05) is 17.4 Å². The normalized spacial score (nSPS) is 16.9. The Morgan fingerprint density at radius 2 is 2.12 bits per heavy atom. The third-order valence-electron chi connectivity index (χ3n) is 3.09. The lowest BCUT2D eigenvalue weighted by atomic mass is 10.0. The maximum absolute atomic E-state index is 10.3. The van der Waals surface area contributed by atoms with Crippen molar-refractivity contribution >= 4 is 11.0 Å². The molecule has 0 amide bonds. The summed E-state index contributed by atoms with van der Waals surface area (Å²) in [5.74, 6) is 1.38. The molecule has 0 aliphatic carbocycles. The van der Waals surface area contributed by atoms with E-state index in [9.17, 15) is 5.11 Å². The fourth-order valence-electron chi connectivity index (χ4n) is 2.30. The first-order valence-electron chi connectivity index (χ1n) is 5.76. The zero-order valence-electron chi connectivity index (χ0n) is 9.64. The van der Waals surface area contributed by atoms with Gasteiger partial charge in [-0.15, -0.1) is 0 Å². The summed E-state index contributed by atoms with van der Waals surface area (Å²) in [6.07, 6.45) is 2.08. The van der Waals surface area contributed by atoms with Crippen molar-refractivity contribution in [1.29, 1.82) is 0 Å². The molecule has 2 aromatic rings. The molecule has 3 nitrogen and oxygen atoms in total. The molecule has 88 valence electrons. The number of para-hydroxylation sites is 1. The molecule has 0 radical (unpaired) electrons. The topological polar surface area (TPSA) is 42.6 Å². The van der Waals surface area contributed by atoms with E-state index < -0.39 is 6.10 Å². The van der Waals surface area contributed by atoms with E-state index in [1.54, 1.807) is 0 Å². The lowest BCUT2D eigenvalue weighted by Crippen LogP contribution is -2.02. The molecular weight excluding hydrogens is 216 g/mol. The predicted octanol–water partition coefficient (Wildman–Crippen LogP) is 3.08. The van der Waals surface area contributed by atoms with Crippen LogP contribution in [0.1, 0.15) is 23.8 Å². The van der Waals surface area contributed by atoms with E-state index in [1.165, 1.54) is 0 Å². The van der Waals surface area contributed by atoms with Crippen LogP contribution in [-0.2, 0) is 4.74 Å². The molecule has 1 atom stereocenters. The van der Waals surface area contributed by atoms with Gasteiger partial charge in [0.05, 0.1) is 6.61 Å². The monoisotopic (exact) mass is 230 g/mol. The number of aliphatic hydroxyl groups is 1. The van der Waals surface area contributed by atoms with Gasteiger partial charge in [-0.1, -0.05) is 18.2 Å². The zero-order valence-corrected chi connectivity index (χ0v) is 9.64. The Balaban J connectivity index is 2.12. The number of aryl methyl sites for hydroxylation is 1. The molecule has 2 heterocycles. The van der Waals surface area contributed by atoms with Gasteiger partial charge in [-0.2, -0.15) is 0 Å². The van der Waals surface area contributed by atoms with Crippen LogP contribution in [0.4, 0.5) is 0 Å². The summed E-state index contributed by atoms with van der Waals surface area (Å²) in [5.41, 5.74) is 1.62. The first-order chi connectivity index (χ1) is 8.27. The molecule has 1 aromatic carbocycles. The quantitative estimate of drug-likeness (QED) is 0.862. The van der Waals surface area contributed by atoms with Crippen LogP contribution in [0.15, 0.2) is 40.5 Å². The molecule has 1 unspecified atom stereocenters. The van der Waals surface area contributed by atoms with Crippen molar-refractivity contribution in [2.24, 2.45) is 0 Å². The van der Waals surface area contributed by atoms with Crippen molar-refractivity contribution < 1.29 is 14.3 Å². The maximum atomic E-state index is 10.3. The lowest BCUT2D eigenvalue weighted by molar-refractivity contribution is 0.118. The lowest BCUT2D eigenvalue weighted by Gasteiger charge is -2.11. The maximum Gasteiger partial charge on any atom is 0.140 e. The highest BCUT2D eigenvalue weighted by molar-refractivity contribution is 5.82. The van der Waals surface area contributed by atoms with E-state index in [2.05, 4.69) is 0 Å². The second-order valence-corrected chi connectivity index (χ2v) is 4.21. The second-order valence-electron chi connectivity index (χ2n) is 4.21. The summed E-state index contributed by atoms with van der Waals surface area (Å²) in [6.45, 7) is 2.52. The van der Waals surface area contributed by atoms with Gasteiger partial charge in [0.2, 0.25) is 0 Å². The Kier molecular flexibility index (Phi) is 2.41. The van der Waals surface area contributed by atoms with Crippen LogP contribution in [0.25, 0.3) is 11.0 Å². The molecule has 1 aliphatic heterocycles. The van der Waals surface area contributed by atoms with Gasteiger partial charge in [0.25, 0.3) is 0 Å². The Labute approximate surface area is 99.3 Å². The molecule has 1 N–H and O–H groups in total. The third kappa shape index (κ3) is 1.63. The largest absolute Gasteiger partial charge is 0.495 e. The van der Waals surface area contributed by atoms with Gasteiger partial charge in [0.15, 0.2) is 0 Å². The summed E-state index contributed by atoms with van der Waals surface area (Å²) in [5, 5.41) is 11.3. The molecule has 0 saturated heterocycles. The number of ether oxygens (including phenoxy) is 1. The summed E-state index contributed by atoms with van der Waals surface area (Å²) in [4.78, 5) is 0. The van der Waals surface area contributed by atoms with Crippen LogP contribution in [0.5, 0.6) is 0 Å². The van der Waals surface area contributed by atoms with Crippen LogP contribution >= 0.6 is 0 Å². The Morgan fingerprint density at radius 3 is 2.88 bits per heavy atom. The average molecular weight is 230 g/mol. The minimum Gasteiger partial charge on any atom is -0.495 e. The van der Waals surface area contributed by atoms with Crippen molar-refractivity contribution in [1.82, 2.24) is 0 Å². The minimum absolute atomic E-state index is 0.639. The first-order valence-corrected chi connectivity index (χ1v) is 5.76. The van der Waals surface area contributed by atoms with Gasteiger partial charge in [-0.05, 0) is 19.1 Å². The SMILES string of the molecule is Cc1oc2ccccc2c1C(O)C1=CCCO1. The van der Waals surface area contributed by atoms with Crippen LogP contribution in [0.3, 0.4) is 0 Å². The smallest absolute Gasteiger partial charge is 0.140 e. The Morgan fingerprint density at radius 1 is 1.29 bits per heavy atom. The summed E-state index contributed by atoms with van der Waals surface area (Å²) < 4.78 is 11.0. The predicted molar refractivity (Wildman–Crippen MR) is 64.6 cm³/mol. The van der Waals surface area contributed by atoms with E-state index in [1.807, 2.05) is 37.3 Å². The number of benzene rings is 1. The van der Waals surface area contributed by atoms with Crippen molar-refractivity contribution in [3.63, 3.8) is 0 Å². The summed E-state index contributed by atoms with van der Waals surface area (Å²) in [6, 6.07) is 7.73. The highest BCUT2D eigenvalue weighted by Gasteiger charge is 2.24. The number of fused-ring (bicyclic) bond motifs is 1. The number of aliphatic hydroxyl groups excluding tert-OH is 1. The zero-order chi connectivity index (χ0) is 11.8.